The predicted octanol–water partition coefficient (Wildman–Crippen LogP) is 6.49. The lowest BCUT2D eigenvalue weighted by Crippen LogP contribution is -2.42. The van der Waals surface area contributed by atoms with Crippen molar-refractivity contribution < 1.29 is 27.9 Å². The summed E-state index contributed by atoms with van der Waals surface area (Å²) in [5.41, 5.74) is 4.54. The van der Waals surface area contributed by atoms with Crippen LogP contribution in [0.1, 0.15) is 77.7 Å². The second-order valence-corrected chi connectivity index (χ2v) is 10.9. The van der Waals surface area contributed by atoms with E-state index in [0.717, 1.165) is 35.3 Å². The van der Waals surface area contributed by atoms with Crippen molar-refractivity contribution in [3.63, 3.8) is 0 Å². The molecule has 10 heteroatoms. The van der Waals surface area contributed by atoms with Crippen molar-refractivity contribution in [2.75, 3.05) is 18.4 Å². The molecule has 7 nitrogen and oxygen atoms in total. The van der Waals surface area contributed by atoms with Gasteiger partial charge in [0.05, 0.1) is 23.3 Å². The Labute approximate surface area is 231 Å². The maximum Gasteiger partial charge on any atom is 0.389 e. The smallest absolute Gasteiger partial charge is 0.389 e. The molecule has 1 aliphatic heterocycles. The van der Waals surface area contributed by atoms with Crippen LogP contribution in [0.2, 0.25) is 0 Å². The molecule has 0 bridgehead atoms. The quantitative estimate of drug-likeness (QED) is 0.316. The number of piperidine rings is 1. The number of carboxylic acid groups (broad SMARTS) is 1. The fraction of sp³-hybridized carbons (Fsp3) is 0.433. The number of nitrogens with one attached hydrogen (secondary N) is 1. The molecule has 5 rings (SSSR count). The van der Waals surface area contributed by atoms with Gasteiger partial charge in [0.1, 0.15) is 0 Å². The molecule has 0 spiro atoms. The molecule has 2 aromatic carbocycles. The first-order valence-electron chi connectivity index (χ1n) is 13.7. The summed E-state index contributed by atoms with van der Waals surface area (Å²) in [4.78, 5) is 25.9. The molecule has 2 fully saturated rings. The van der Waals surface area contributed by atoms with Gasteiger partial charge in [-0.05, 0) is 92.6 Å². The van der Waals surface area contributed by atoms with Gasteiger partial charge in [0.15, 0.2) is 0 Å². The van der Waals surface area contributed by atoms with Crippen LogP contribution in [0.15, 0.2) is 54.7 Å². The summed E-state index contributed by atoms with van der Waals surface area (Å²) in [6.07, 6.45) is 0.0137. The first kappa shape index (κ1) is 27.7. The number of aromatic nitrogens is 2. The zero-order valence-corrected chi connectivity index (χ0v) is 22.3. The topological polar surface area (TPSA) is 87.5 Å². The minimum absolute atomic E-state index is 0.150. The van der Waals surface area contributed by atoms with Crippen molar-refractivity contribution in [3.8, 4) is 5.69 Å². The summed E-state index contributed by atoms with van der Waals surface area (Å²) >= 11 is 0. The molecule has 2 heterocycles. The Morgan fingerprint density at radius 2 is 1.85 bits per heavy atom. The van der Waals surface area contributed by atoms with Crippen LogP contribution in [0.3, 0.4) is 0 Å². The second-order valence-electron chi connectivity index (χ2n) is 10.9. The third-order valence-corrected chi connectivity index (χ3v) is 7.75. The zero-order valence-electron chi connectivity index (χ0n) is 22.3. The molecule has 2 atom stereocenters. The van der Waals surface area contributed by atoms with Crippen molar-refractivity contribution in [3.05, 3.63) is 77.1 Å². The molecule has 1 amide bonds. The SMILES string of the molecule is Cc1cc(-n2ccc(C3CC3)n2)ccc1C(CCC(F)(F)F)Nc1ccc(C(=O)N2CCC[C@@H](C(=O)O)C2)cc1. The van der Waals surface area contributed by atoms with Gasteiger partial charge in [-0.3, -0.25) is 9.59 Å². The Kier molecular flexibility index (Phi) is 7.87. The maximum absolute atomic E-state index is 13.2. The molecule has 1 aliphatic carbocycles. The maximum atomic E-state index is 13.2. The van der Waals surface area contributed by atoms with E-state index in [0.29, 0.717) is 36.6 Å². The van der Waals surface area contributed by atoms with E-state index < -0.39 is 30.5 Å². The van der Waals surface area contributed by atoms with Crippen LogP contribution in [0.25, 0.3) is 5.69 Å². The lowest BCUT2D eigenvalue weighted by molar-refractivity contribution is -0.143. The normalized spacial score (nSPS) is 18.4. The zero-order chi connectivity index (χ0) is 28.4. The minimum atomic E-state index is -4.29. The van der Waals surface area contributed by atoms with E-state index in [1.54, 1.807) is 33.8 Å². The second kappa shape index (κ2) is 11.3. The number of aliphatic carboxylic acids is 1. The summed E-state index contributed by atoms with van der Waals surface area (Å²) in [5, 5.41) is 17.2. The van der Waals surface area contributed by atoms with Gasteiger partial charge >= 0.3 is 12.1 Å². The molecule has 1 aromatic heterocycles. The van der Waals surface area contributed by atoms with Gasteiger partial charge in [-0.2, -0.15) is 18.3 Å². The van der Waals surface area contributed by atoms with Gasteiger partial charge in [-0.25, -0.2) is 4.68 Å². The van der Waals surface area contributed by atoms with Crippen LogP contribution in [0.4, 0.5) is 18.9 Å². The van der Waals surface area contributed by atoms with Crippen molar-refractivity contribution in [2.45, 2.75) is 63.6 Å². The third kappa shape index (κ3) is 6.66. The molecule has 1 saturated carbocycles. The van der Waals surface area contributed by atoms with Crippen molar-refractivity contribution >= 4 is 17.6 Å². The van der Waals surface area contributed by atoms with Crippen LogP contribution in [0, 0.1) is 12.8 Å². The summed E-state index contributed by atoms with van der Waals surface area (Å²) in [6.45, 7) is 2.55. The Balaban J connectivity index is 1.31. The summed E-state index contributed by atoms with van der Waals surface area (Å²) < 4.78 is 41.4. The average molecular weight is 555 g/mol. The lowest BCUT2D eigenvalue weighted by Gasteiger charge is -2.30. The number of halogens is 3. The highest BCUT2D eigenvalue weighted by atomic mass is 19.4. The van der Waals surface area contributed by atoms with Crippen LogP contribution in [-0.4, -0.2) is 50.9 Å². The minimum Gasteiger partial charge on any atom is -0.481 e. The number of benzene rings is 2. The summed E-state index contributed by atoms with van der Waals surface area (Å²) in [6, 6.07) is 13.7. The van der Waals surface area contributed by atoms with Gasteiger partial charge in [0.2, 0.25) is 0 Å². The van der Waals surface area contributed by atoms with Crippen LogP contribution >= 0.6 is 0 Å². The summed E-state index contributed by atoms with van der Waals surface area (Å²) in [5.74, 6) is -1.20. The highest BCUT2D eigenvalue weighted by molar-refractivity contribution is 5.95. The highest BCUT2D eigenvalue weighted by Crippen LogP contribution is 2.39. The number of nitrogens with zero attached hydrogens (tertiary/aromatic N) is 3. The van der Waals surface area contributed by atoms with Crippen LogP contribution in [-0.2, 0) is 4.79 Å². The van der Waals surface area contributed by atoms with E-state index in [4.69, 9.17) is 0 Å². The van der Waals surface area contributed by atoms with Crippen molar-refractivity contribution in [1.29, 1.82) is 0 Å². The monoisotopic (exact) mass is 554 g/mol. The molecule has 212 valence electrons. The number of hydrogen-bond donors (Lipinski definition) is 2. The molecule has 1 unspecified atom stereocenters. The number of carboxylic acids is 1. The standard InChI is InChI=1S/C30H33F3N4O3/c1-19-17-24(37-16-13-26(35-37)20-4-5-20)10-11-25(19)27(12-14-30(31,32)33)34-23-8-6-21(7-9-23)28(38)36-15-2-3-22(18-36)29(39)40/h6-11,13,16-17,20,22,27,34H,2-5,12,14-15,18H2,1H3,(H,39,40)/t22-,27?/m1/s1. The van der Waals surface area contributed by atoms with Crippen molar-refractivity contribution in [1.82, 2.24) is 14.7 Å². The molecule has 40 heavy (non-hydrogen) atoms. The number of alkyl halides is 3. The number of carbonyl (C=O) groups is 2. The van der Waals surface area contributed by atoms with E-state index in [1.807, 2.05) is 37.4 Å². The number of rotatable bonds is 9. The van der Waals surface area contributed by atoms with E-state index >= 15 is 0 Å². The van der Waals surface area contributed by atoms with Gasteiger partial charge in [0, 0.05) is 42.9 Å². The fourth-order valence-electron chi connectivity index (χ4n) is 5.34. The van der Waals surface area contributed by atoms with Gasteiger partial charge in [-0.15, -0.1) is 0 Å². The molecular formula is C30H33F3N4O3. The Morgan fingerprint density at radius 3 is 2.50 bits per heavy atom. The molecular weight excluding hydrogens is 521 g/mol. The first-order valence-corrected chi connectivity index (χ1v) is 13.7. The van der Waals surface area contributed by atoms with Gasteiger partial charge < -0.3 is 15.3 Å². The van der Waals surface area contributed by atoms with Gasteiger partial charge in [0.25, 0.3) is 5.91 Å². The number of hydrogen-bond acceptors (Lipinski definition) is 4. The van der Waals surface area contributed by atoms with Crippen molar-refractivity contribution in [2.24, 2.45) is 5.92 Å². The number of carbonyl (C=O) groups excluding carboxylic acids is 1. The Hall–Kier alpha value is -3.82. The number of aryl methyl sites for hydroxylation is 1. The fourth-order valence-corrected chi connectivity index (χ4v) is 5.34. The Morgan fingerprint density at radius 1 is 1.10 bits per heavy atom. The van der Waals surface area contributed by atoms with Crippen LogP contribution < -0.4 is 5.32 Å². The van der Waals surface area contributed by atoms with E-state index in [1.165, 1.54) is 0 Å². The van der Waals surface area contributed by atoms with E-state index in [-0.39, 0.29) is 18.9 Å². The molecule has 2 N–H and O–H groups in total. The molecule has 2 aliphatic rings. The average Bonchev–Trinajstić information content (AvgIpc) is 3.66. The number of likely N-dealkylation sites (tertiary alicyclic amines) is 1. The largest absolute Gasteiger partial charge is 0.481 e. The van der Waals surface area contributed by atoms with E-state index in [2.05, 4.69) is 10.4 Å². The van der Waals surface area contributed by atoms with Crippen LogP contribution in [0.5, 0.6) is 0 Å². The lowest BCUT2D eigenvalue weighted by atomic mass is 9.96. The number of anilines is 1. The molecule has 1 saturated heterocycles. The first-order chi connectivity index (χ1) is 19.1. The highest BCUT2D eigenvalue weighted by Gasteiger charge is 2.31. The Bertz CT molecular complexity index is 1370. The van der Waals surface area contributed by atoms with Gasteiger partial charge in [-0.1, -0.05) is 6.07 Å². The molecule has 3 aromatic rings. The summed E-state index contributed by atoms with van der Waals surface area (Å²) in [7, 11) is 0. The third-order valence-electron chi connectivity index (χ3n) is 7.75. The predicted molar refractivity (Wildman–Crippen MR) is 145 cm³/mol. The van der Waals surface area contributed by atoms with E-state index in [9.17, 15) is 27.9 Å². The molecule has 0 radical (unpaired) electrons. The number of amides is 1.